The number of nitrogens with one attached hydrogen (secondary N) is 1. The molecule has 0 spiro atoms. The fraction of sp³-hybridized carbons (Fsp3) is 0.125. The molecule has 11 heteroatoms. The second kappa shape index (κ2) is 8.19. The molecular weight excluding hydrogens is 364 g/mol. The van der Waals surface area contributed by atoms with Crippen molar-refractivity contribution in [1.29, 1.82) is 0 Å². The van der Waals surface area contributed by atoms with E-state index in [4.69, 9.17) is 11.5 Å². The number of rotatable bonds is 6. The third-order valence-electron chi connectivity index (χ3n) is 3.39. The molecule has 0 aliphatic heterocycles. The summed E-state index contributed by atoms with van der Waals surface area (Å²) in [5.41, 5.74) is 16.9. The van der Waals surface area contributed by atoms with Gasteiger partial charge in [0.1, 0.15) is 12.7 Å². The van der Waals surface area contributed by atoms with Crippen molar-refractivity contribution in [2.45, 2.75) is 13.8 Å². The average molecular weight is 382 g/mol. The van der Waals surface area contributed by atoms with Crippen LogP contribution in [0.1, 0.15) is 23.1 Å². The minimum Gasteiger partial charge on any atom is -0.369 e. The van der Waals surface area contributed by atoms with Crippen molar-refractivity contribution >= 4 is 34.4 Å². The molecule has 138 valence electrons. The third-order valence-corrected chi connectivity index (χ3v) is 4.56. The van der Waals surface area contributed by atoms with Gasteiger partial charge in [-0.2, -0.15) is 15.3 Å². The lowest BCUT2D eigenvalue weighted by Crippen LogP contribution is -2.22. The lowest BCUT2D eigenvalue weighted by molar-refractivity contribution is 0.879. The third kappa shape index (κ3) is 4.73. The quantitative estimate of drug-likeness (QED) is 0.334. The highest BCUT2D eigenvalue weighted by Gasteiger charge is 2.10. The van der Waals surface area contributed by atoms with Gasteiger partial charge < -0.3 is 11.5 Å². The van der Waals surface area contributed by atoms with E-state index in [0.29, 0.717) is 10.8 Å². The number of guanidine groups is 1. The summed E-state index contributed by atoms with van der Waals surface area (Å²) in [6.07, 6.45) is 4.85. The van der Waals surface area contributed by atoms with Crippen molar-refractivity contribution in [3.05, 3.63) is 53.1 Å². The van der Waals surface area contributed by atoms with Crippen molar-refractivity contribution < 1.29 is 0 Å². The Morgan fingerprint density at radius 1 is 1.22 bits per heavy atom. The second-order valence-corrected chi connectivity index (χ2v) is 6.44. The van der Waals surface area contributed by atoms with E-state index in [1.54, 1.807) is 17.2 Å². The van der Waals surface area contributed by atoms with Gasteiger partial charge in [-0.05, 0) is 31.5 Å². The van der Waals surface area contributed by atoms with Crippen LogP contribution in [0, 0.1) is 6.92 Å². The smallest absolute Gasteiger partial charge is 0.211 e. The van der Waals surface area contributed by atoms with Crippen LogP contribution in [0.25, 0.3) is 5.69 Å². The first-order valence-electron chi connectivity index (χ1n) is 7.88. The van der Waals surface area contributed by atoms with Crippen molar-refractivity contribution in [3.8, 4) is 5.69 Å². The molecule has 0 amide bonds. The lowest BCUT2D eigenvalue weighted by atomic mass is 10.2. The highest BCUT2D eigenvalue weighted by molar-refractivity contribution is 7.17. The maximum Gasteiger partial charge on any atom is 0.211 e. The summed E-state index contributed by atoms with van der Waals surface area (Å²) >= 11 is 1.42. The van der Waals surface area contributed by atoms with Crippen LogP contribution in [0.15, 0.2) is 52.2 Å². The fourth-order valence-electron chi connectivity index (χ4n) is 2.17. The highest BCUT2D eigenvalue weighted by Crippen LogP contribution is 2.23. The Hall–Kier alpha value is -3.60. The Morgan fingerprint density at radius 3 is 2.67 bits per heavy atom. The standard InChI is InChI=1S/C16H18N10S/c1-10-14(11(2)23-24-15(17)18)27-16(22-10)25-20-7-12-3-5-13(6-4-12)26-9-19-8-21-26/h3-9H,1-2H3,(H,22,25)(H4,17,18,24)/b20-7+,23-11+. The molecule has 5 N–H and O–H groups in total. The van der Waals surface area contributed by atoms with E-state index >= 15 is 0 Å². The molecule has 0 radical (unpaired) electrons. The number of hydrazone groups is 1. The number of aromatic nitrogens is 4. The molecule has 0 aliphatic carbocycles. The van der Waals surface area contributed by atoms with Crippen LogP contribution in [0.3, 0.4) is 0 Å². The number of nitrogens with two attached hydrogens (primary N) is 2. The first kappa shape index (κ1) is 18.2. The molecule has 10 nitrogen and oxygen atoms in total. The molecule has 0 aliphatic rings. The Morgan fingerprint density at radius 2 is 2.00 bits per heavy atom. The van der Waals surface area contributed by atoms with Gasteiger partial charge in [0.25, 0.3) is 0 Å². The van der Waals surface area contributed by atoms with Crippen molar-refractivity contribution in [1.82, 2.24) is 19.7 Å². The van der Waals surface area contributed by atoms with Crippen LogP contribution in [0.2, 0.25) is 0 Å². The summed E-state index contributed by atoms with van der Waals surface area (Å²) in [5, 5.41) is 16.6. The maximum absolute atomic E-state index is 5.29. The van der Waals surface area contributed by atoms with Crippen molar-refractivity contribution in [3.63, 3.8) is 0 Å². The van der Waals surface area contributed by atoms with Gasteiger partial charge in [0.2, 0.25) is 11.1 Å². The van der Waals surface area contributed by atoms with E-state index in [0.717, 1.165) is 21.8 Å². The molecule has 0 bridgehead atoms. The average Bonchev–Trinajstić information content (AvgIpc) is 3.30. The Bertz CT molecular complexity index is 979. The van der Waals surface area contributed by atoms with Gasteiger partial charge in [-0.25, -0.2) is 14.6 Å². The number of thiazole rings is 1. The van der Waals surface area contributed by atoms with E-state index in [-0.39, 0.29) is 5.96 Å². The monoisotopic (exact) mass is 382 g/mol. The molecule has 3 aromatic rings. The molecule has 0 unspecified atom stereocenters. The normalized spacial score (nSPS) is 11.7. The zero-order valence-corrected chi connectivity index (χ0v) is 15.6. The molecule has 0 atom stereocenters. The molecular formula is C16H18N10S. The SMILES string of the molecule is C/C(=N\N=C(N)N)c1sc(N/N=C/c2ccc(-n3cncn3)cc2)nc1C. The van der Waals surface area contributed by atoms with Gasteiger partial charge in [-0.15, -0.1) is 5.10 Å². The maximum atomic E-state index is 5.29. The van der Waals surface area contributed by atoms with E-state index in [1.165, 1.54) is 17.7 Å². The molecule has 2 heterocycles. The van der Waals surface area contributed by atoms with Crippen LogP contribution >= 0.6 is 11.3 Å². The van der Waals surface area contributed by atoms with Crippen LogP contribution in [0.4, 0.5) is 5.13 Å². The van der Waals surface area contributed by atoms with Crippen LogP contribution in [-0.2, 0) is 0 Å². The summed E-state index contributed by atoms with van der Waals surface area (Å²) in [7, 11) is 0. The molecule has 0 saturated heterocycles. The lowest BCUT2D eigenvalue weighted by Gasteiger charge is -2.00. The van der Waals surface area contributed by atoms with E-state index < -0.39 is 0 Å². The fourth-order valence-corrected chi connectivity index (χ4v) is 3.03. The van der Waals surface area contributed by atoms with Gasteiger partial charge in [0.05, 0.1) is 28.2 Å². The number of nitrogens with zero attached hydrogens (tertiary/aromatic N) is 7. The van der Waals surface area contributed by atoms with E-state index in [1.807, 2.05) is 38.1 Å². The number of anilines is 1. The van der Waals surface area contributed by atoms with Crippen LogP contribution in [0.5, 0.6) is 0 Å². The van der Waals surface area contributed by atoms with Crippen molar-refractivity contribution in [2.75, 3.05) is 5.43 Å². The molecule has 0 saturated carbocycles. The van der Waals surface area contributed by atoms with Gasteiger partial charge in [-0.1, -0.05) is 23.5 Å². The van der Waals surface area contributed by atoms with Gasteiger partial charge in [0.15, 0.2) is 0 Å². The van der Waals surface area contributed by atoms with E-state index in [2.05, 4.69) is 35.8 Å². The molecule has 1 aromatic carbocycles. The van der Waals surface area contributed by atoms with Crippen molar-refractivity contribution in [2.24, 2.45) is 26.8 Å². The predicted molar refractivity (Wildman–Crippen MR) is 107 cm³/mol. The molecule has 27 heavy (non-hydrogen) atoms. The van der Waals surface area contributed by atoms with Gasteiger partial charge in [-0.3, -0.25) is 5.43 Å². The zero-order valence-electron chi connectivity index (χ0n) is 14.7. The Labute approximate surface area is 159 Å². The topological polar surface area (TPSA) is 145 Å². The van der Waals surface area contributed by atoms with Gasteiger partial charge in [0, 0.05) is 0 Å². The zero-order chi connectivity index (χ0) is 19.2. The Kier molecular flexibility index (Phi) is 5.52. The minimum atomic E-state index is -0.0886. The van der Waals surface area contributed by atoms with Crippen LogP contribution < -0.4 is 16.9 Å². The summed E-state index contributed by atoms with van der Waals surface area (Å²) in [6, 6.07) is 7.75. The minimum absolute atomic E-state index is 0.0886. The molecule has 2 aromatic heterocycles. The summed E-state index contributed by atoms with van der Waals surface area (Å²) in [6.45, 7) is 3.70. The largest absolute Gasteiger partial charge is 0.369 e. The first-order chi connectivity index (χ1) is 13.0. The summed E-state index contributed by atoms with van der Waals surface area (Å²) in [5.74, 6) is -0.0886. The predicted octanol–water partition coefficient (Wildman–Crippen LogP) is 1.48. The second-order valence-electron chi connectivity index (χ2n) is 5.45. The Balaban J connectivity index is 1.65. The number of hydrogen-bond donors (Lipinski definition) is 3. The van der Waals surface area contributed by atoms with E-state index in [9.17, 15) is 0 Å². The molecule has 3 rings (SSSR count). The van der Waals surface area contributed by atoms with Crippen LogP contribution in [-0.4, -0.2) is 37.6 Å². The highest BCUT2D eigenvalue weighted by atomic mass is 32.1. The summed E-state index contributed by atoms with van der Waals surface area (Å²) < 4.78 is 1.69. The van der Waals surface area contributed by atoms with Gasteiger partial charge >= 0.3 is 0 Å². The number of hydrogen-bond acceptors (Lipinski definition) is 8. The number of benzene rings is 1. The first-order valence-corrected chi connectivity index (χ1v) is 8.69. The summed E-state index contributed by atoms with van der Waals surface area (Å²) in [4.78, 5) is 9.23. The molecule has 0 fully saturated rings. The number of aryl methyl sites for hydroxylation is 1.